The van der Waals surface area contributed by atoms with Crippen molar-refractivity contribution in [2.24, 2.45) is 4.99 Å². The van der Waals surface area contributed by atoms with Gasteiger partial charge in [0, 0.05) is 37.1 Å². The number of anilines is 1. The fourth-order valence-electron chi connectivity index (χ4n) is 3.38. The molecule has 0 radical (unpaired) electrons. The molecule has 8 nitrogen and oxygen atoms in total. The largest absolute Gasteiger partial charge is 0.366 e. The van der Waals surface area contributed by atoms with Crippen molar-refractivity contribution in [2.45, 2.75) is 32.1 Å². The van der Waals surface area contributed by atoms with Crippen LogP contribution in [0.5, 0.6) is 0 Å². The summed E-state index contributed by atoms with van der Waals surface area (Å²) in [6.07, 6.45) is 0. The number of urea groups is 1. The Labute approximate surface area is 152 Å². The first-order valence-electron chi connectivity index (χ1n) is 8.42. The minimum atomic E-state index is -3.94. The van der Waals surface area contributed by atoms with Gasteiger partial charge in [0.1, 0.15) is 0 Å². The molecule has 2 heterocycles. The first-order chi connectivity index (χ1) is 12.2. The third-order valence-electron chi connectivity index (χ3n) is 4.74. The highest BCUT2D eigenvalue weighted by Gasteiger charge is 2.44. The van der Waals surface area contributed by atoms with Crippen molar-refractivity contribution in [3.8, 4) is 0 Å². The van der Waals surface area contributed by atoms with Crippen molar-refractivity contribution >= 4 is 33.4 Å². The molecule has 2 aliphatic heterocycles. The van der Waals surface area contributed by atoms with Gasteiger partial charge in [0.25, 0.3) is 5.91 Å². The fraction of sp³-hybridized carbons (Fsp3) is 0.471. The number of nitrogens with zero attached hydrogens (tertiary/aromatic N) is 3. The Balaban J connectivity index is 1.79. The summed E-state index contributed by atoms with van der Waals surface area (Å²) in [5, 5.41) is 0.528. The number of hydrogen-bond acceptors (Lipinski definition) is 5. The number of aryl methyl sites for hydroxylation is 1. The van der Waals surface area contributed by atoms with E-state index in [1.54, 1.807) is 0 Å². The number of hydrogen-bond donors (Lipinski definition) is 1. The molecule has 3 rings (SSSR count). The summed E-state index contributed by atoms with van der Waals surface area (Å²) in [6, 6.07) is 7.21. The third kappa shape index (κ3) is 3.36. The molecule has 140 valence electrons. The Morgan fingerprint density at radius 1 is 1.12 bits per heavy atom. The molecule has 0 aromatic heterocycles. The van der Waals surface area contributed by atoms with Gasteiger partial charge in [-0.1, -0.05) is 17.7 Å². The van der Waals surface area contributed by atoms with Gasteiger partial charge in [0.15, 0.2) is 5.25 Å². The second kappa shape index (κ2) is 6.81. The minimum Gasteiger partial charge on any atom is -0.366 e. The predicted octanol–water partition coefficient (Wildman–Crippen LogP) is 0.915. The van der Waals surface area contributed by atoms with Gasteiger partial charge in [0.05, 0.1) is 0 Å². The summed E-state index contributed by atoms with van der Waals surface area (Å²) in [7, 11) is -3.94. The molecule has 1 aromatic carbocycles. The van der Waals surface area contributed by atoms with Crippen LogP contribution >= 0.6 is 0 Å². The zero-order valence-electron chi connectivity index (χ0n) is 15.0. The SMILES string of the molecule is CC1=NC(=O)NC(=O)C1S(=O)(=O)N1CCN(c2ccc(C)cc2)C(C)C1. The number of rotatable bonds is 3. The van der Waals surface area contributed by atoms with Crippen LogP contribution < -0.4 is 10.2 Å². The lowest BCUT2D eigenvalue weighted by Crippen LogP contribution is -2.59. The van der Waals surface area contributed by atoms with Crippen molar-refractivity contribution in [3.05, 3.63) is 29.8 Å². The maximum atomic E-state index is 13.0. The molecular weight excluding hydrogens is 356 g/mol. The van der Waals surface area contributed by atoms with Gasteiger partial charge >= 0.3 is 6.03 Å². The molecule has 9 heteroatoms. The van der Waals surface area contributed by atoms with Gasteiger partial charge in [0.2, 0.25) is 10.0 Å². The molecule has 2 aliphatic rings. The van der Waals surface area contributed by atoms with E-state index in [4.69, 9.17) is 0 Å². The van der Waals surface area contributed by atoms with E-state index in [0.29, 0.717) is 6.54 Å². The van der Waals surface area contributed by atoms with Crippen LogP contribution in [0.1, 0.15) is 19.4 Å². The second-order valence-electron chi connectivity index (χ2n) is 6.71. The normalized spacial score (nSPS) is 25.0. The van der Waals surface area contributed by atoms with Crippen LogP contribution in [0.2, 0.25) is 0 Å². The minimum absolute atomic E-state index is 0.00682. The molecule has 3 amide bonds. The quantitative estimate of drug-likeness (QED) is 0.843. The summed E-state index contributed by atoms with van der Waals surface area (Å²) in [5.74, 6) is -0.837. The molecule has 1 saturated heterocycles. The molecule has 1 aromatic rings. The van der Waals surface area contributed by atoms with Gasteiger partial charge in [-0.15, -0.1) is 0 Å². The number of carbonyl (C=O) groups excluding carboxylic acids is 2. The van der Waals surface area contributed by atoms with Crippen LogP contribution in [0, 0.1) is 6.92 Å². The Morgan fingerprint density at radius 2 is 1.77 bits per heavy atom. The zero-order valence-corrected chi connectivity index (χ0v) is 15.8. The van der Waals surface area contributed by atoms with Crippen molar-refractivity contribution in [2.75, 3.05) is 24.5 Å². The van der Waals surface area contributed by atoms with E-state index in [0.717, 1.165) is 11.3 Å². The first kappa shape index (κ1) is 18.5. The lowest BCUT2D eigenvalue weighted by atomic mass is 10.1. The van der Waals surface area contributed by atoms with Gasteiger partial charge in [-0.2, -0.15) is 4.31 Å². The lowest BCUT2D eigenvalue weighted by molar-refractivity contribution is -0.118. The van der Waals surface area contributed by atoms with Gasteiger partial charge in [-0.25, -0.2) is 18.2 Å². The molecule has 26 heavy (non-hydrogen) atoms. The van der Waals surface area contributed by atoms with E-state index in [-0.39, 0.29) is 24.8 Å². The molecular formula is C17H22N4O4S. The first-order valence-corrected chi connectivity index (χ1v) is 9.93. The summed E-state index contributed by atoms with van der Waals surface area (Å²) in [6.45, 7) is 6.42. The predicted molar refractivity (Wildman–Crippen MR) is 98.9 cm³/mol. The average molecular weight is 378 g/mol. The van der Waals surface area contributed by atoms with Gasteiger partial charge < -0.3 is 4.90 Å². The van der Waals surface area contributed by atoms with Crippen molar-refractivity contribution in [1.82, 2.24) is 9.62 Å². The maximum Gasteiger partial charge on any atom is 0.347 e. The number of aliphatic imine (C=N–C) groups is 1. The van der Waals surface area contributed by atoms with Crippen LogP contribution in [0.3, 0.4) is 0 Å². The number of amides is 3. The van der Waals surface area contributed by atoms with E-state index >= 15 is 0 Å². The molecule has 0 bridgehead atoms. The highest BCUT2D eigenvalue weighted by Crippen LogP contribution is 2.24. The fourth-order valence-corrected chi connectivity index (χ4v) is 5.25. The monoisotopic (exact) mass is 378 g/mol. The van der Waals surface area contributed by atoms with Crippen LogP contribution in [-0.4, -0.2) is 61.3 Å². The van der Waals surface area contributed by atoms with Crippen LogP contribution in [0.15, 0.2) is 29.3 Å². The molecule has 0 spiro atoms. The zero-order chi connectivity index (χ0) is 19.1. The Morgan fingerprint density at radius 3 is 2.35 bits per heavy atom. The number of imide groups is 1. The number of sulfonamides is 1. The number of benzene rings is 1. The number of nitrogens with one attached hydrogen (secondary N) is 1. The Kier molecular flexibility index (Phi) is 4.85. The van der Waals surface area contributed by atoms with Crippen molar-refractivity contribution < 1.29 is 18.0 Å². The molecule has 1 N–H and O–H groups in total. The smallest absolute Gasteiger partial charge is 0.347 e. The summed E-state index contributed by atoms with van der Waals surface area (Å²) in [4.78, 5) is 29.1. The molecule has 0 saturated carbocycles. The highest BCUT2D eigenvalue weighted by molar-refractivity contribution is 7.91. The molecule has 1 fully saturated rings. The highest BCUT2D eigenvalue weighted by atomic mass is 32.2. The third-order valence-corrected chi connectivity index (χ3v) is 6.94. The molecule has 0 aliphatic carbocycles. The number of carbonyl (C=O) groups is 2. The van der Waals surface area contributed by atoms with Crippen molar-refractivity contribution in [3.63, 3.8) is 0 Å². The van der Waals surface area contributed by atoms with Crippen molar-refractivity contribution in [1.29, 1.82) is 0 Å². The van der Waals surface area contributed by atoms with Gasteiger partial charge in [-0.05, 0) is 32.9 Å². The Bertz CT molecular complexity index is 863. The standard InChI is InChI=1S/C17H22N4O4S/c1-11-4-6-14(7-5-11)21-9-8-20(10-12(21)2)26(24,25)15-13(3)18-17(23)19-16(15)22/h4-7,12,15H,8-10H2,1-3H3,(H,19,22,23). The summed E-state index contributed by atoms with van der Waals surface area (Å²) in [5.41, 5.74) is 2.21. The van der Waals surface area contributed by atoms with Crippen LogP contribution in [-0.2, 0) is 14.8 Å². The second-order valence-corrected chi connectivity index (χ2v) is 8.73. The van der Waals surface area contributed by atoms with E-state index in [2.05, 4.69) is 9.89 Å². The maximum absolute atomic E-state index is 13.0. The van der Waals surface area contributed by atoms with Gasteiger partial charge in [-0.3, -0.25) is 10.1 Å². The summed E-state index contributed by atoms with van der Waals surface area (Å²) >= 11 is 0. The lowest BCUT2D eigenvalue weighted by Gasteiger charge is -2.41. The topological polar surface area (TPSA) is 99.1 Å². The molecule has 2 unspecified atom stereocenters. The Hall–Kier alpha value is -2.26. The van der Waals surface area contributed by atoms with E-state index in [9.17, 15) is 18.0 Å². The van der Waals surface area contributed by atoms with E-state index in [1.807, 2.05) is 43.4 Å². The summed E-state index contributed by atoms with van der Waals surface area (Å²) < 4.78 is 27.2. The number of piperazine rings is 1. The molecule has 2 atom stereocenters. The average Bonchev–Trinajstić information content (AvgIpc) is 2.54. The van der Waals surface area contributed by atoms with Crippen LogP contribution in [0.25, 0.3) is 0 Å². The van der Waals surface area contributed by atoms with E-state index < -0.39 is 27.2 Å². The van der Waals surface area contributed by atoms with Crippen LogP contribution in [0.4, 0.5) is 10.5 Å². The van der Waals surface area contributed by atoms with E-state index in [1.165, 1.54) is 11.2 Å².